The Bertz CT molecular complexity index is 777. The van der Waals surface area contributed by atoms with Crippen LogP contribution in [0.2, 0.25) is 0 Å². The molecular weight excluding hydrogens is 298 g/mol. The molecule has 3 rings (SSSR count). The summed E-state index contributed by atoms with van der Waals surface area (Å²) in [5, 5.41) is 3.03. The van der Waals surface area contributed by atoms with E-state index in [1.165, 1.54) is 30.0 Å². The molecule has 0 aliphatic heterocycles. The first-order valence-corrected chi connectivity index (χ1v) is 7.39. The summed E-state index contributed by atoms with van der Waals surface area (Å²) in [4.78, 5) is 4.09. The number of benzene rings is 2. The Hall–Kier alpha value is -2.69. The second-order valence-corrected chi connectivity index (χ2v) is 5.18. The average Bonchev–Trinajstić information content (AvgIpc) is 2.99. The zero-order valence-electron chi connectivity index (χ0n) is 12.6. The van der Waals surface area contributed by atoms with Crippen molar-refractivity contribution < 1.29 is 13.2 Å². The molecule has 1 N–H and O–H groups in total. The van der Waals surface area contributed by atoms with Crippen LogP contribution in [0.3, 0.4) is 0 Å². The first-order valence-electron chi connectivity index (χ1n) is 7.39. The molecule has 2 aromatic carbocycles. The smallest absolute Gasteiger partial charge is 0.299 e. The van der Waals surface area contributed by atoms with Crippen LogP contribution in [-0.2, 0) is 12.8 Å². The quantitative estimate of drug-likeness (QED) is 0.731. The Morgan fingerprint density at radius 3 is 2.39 bits per heavy atom. The third-order valence-corrected chi connectivity index (χ3v) is 3.58. The molecule has 0 unspecified atom stereocenters. The van der Waals surface area contributed by atoms with E-state index < -0.39 is 11.6 Å². The van der Waals surface area contributed by atoms with Gasteiger partial charge in [0.1, 0.15) is 17.4 Å². The lowest BCUT2D eigenvalue weighted by Crippen LogP contribution is -1.95. The van der Waals surface area contributed by atoms with Crippen LogP contribution in [0.1, 0.15) is 23.8 Å². The Labute approximate surface area is 133 Å². The second-order valence-electron chi connectivity index (χ2n) is 5.18. The van der Waals surface area contributed by atoms with E-state index in [2.05, 4.69) is 17.2 Å². The van der Waals surface area contributed by atoms with Crippen molar-refractivity contribution in [3.63, 3.8) is 0 Å². The predicted molar refractivity (Wildman–Crippen MR) is 84.8 cm³/mol. The fourth-order valence-electron chi connectivity index (χ4n) is 2.27. The maximum absolute atomic E-state index is 13.6. The monoisotopic (exact) mass is 314 g/mol. The predicted octanol–water partition coefficient (Wildman–Crippen LogP) is 4.85. The van der Waals surface area contributed by atoms with Gasteiger partial charge in [0.25, 0.3) is 6.01 Å². The summed E-state index contributed by atoms with van der Waals surface area (Å²) in [5.74, 6) is -0.793. The van der Waals surface area contributed by atoms with Gasteiger partial charge in [0, 0.05) is 17.7 Å². The normalized spacial score (nSPS) is 10.7. The van der Waals surface area contributed by atoms with Gasteiger partial charge in [-0.3, -0.25) is 0 Å². The van der Waals surface area contributed by atoms with Gasteiger partial charge >= 0.3 is 0 Å². The van der Waals surface area contributed by atoms with Gasteiger partial charge in [-0.15, -0.1) is 0 Å². The number of hydrogen-bond acceptors (Lipinski definition) is 3. The van der Waals surface area contributed by atoms with Crippen molar-refractivity contribution in [2.75, 3.05) is 5.32 Å². The fraction of sp³-hybridized carbons (Fsp3) is 0.167. The number of aryl methyl sites for hydroxylation is 1. The van der Waals surface area contributed by atoms with Gasteiger partial charge in [-0.1, -0.05) is 25.1 Å². The van der Waals surface area contributed by atoms with Crippen molar-refractivity contribution >= 4 is 11.7 Å². The van der Waals surface area contributed by atoms with E-state index >= 15 is 0 Å². The standard InChI is InChI=1S/C18H16F2N2O/c1-2-12-6-8-13(9-7-12)22-18-21-11-14(23-18)10-15-16(19)4-3-5-17(15)20/h3-9,11H,2,10H2,1H3,(H,21,22). The summed E-state index contributed by atoms with van der Waals surface area (Å²) in [6.07, 6.45) is 2.45. The molecule has 1 heterocycles. The molecular formula is C18H16F2N2O. The lowest BCUT2D eigenvalue weighted by molar-refractivity contribution is 0.511. The van der Waals surface area contributed by atoms with Crippen LogP contribution in [0.25, 0.3) is 0 Å². The van der Waals surface area contributed by atoms with Gasteiger partial charge < -0.3 is 9.73 Å². The van der Waals surface area contributed by atoms with Gasteiger partial charge in [0.15, 0.2) is 0 Å². The lowest BCUT2D eigenvalue weighted by Gasteiger charge is -2.03. The SMILES string of the molecule is CCc1ccc(Nc2ncc(Cc3c(F)cccc3F)o2)cc1. The van der Waals surface area contributed by atoms with Gasteiger partial charge in [-0.05, 0) is 36.2 Å². The maximum atomic E-state index is 13.6. The third kappa shape index (κ3) is 3.56. The number of rotatable bonds is 5. The molecule has 0 radical (unpaired) electrons. The summed E-state index contributed by atoms with van der Waals surface area (Å²) < 4.78 is 32.8. The van der Waals surface area contributed by atoms with Crippen LogP contribution in [0.5, 0.6) is 0 Å². The molecule has 0 amide bonds. The molecule has 0 spiro atoms. The Morgan fingerprint density at radius 2 is 1.74 bits per heavy atom. The average molecular weight is 314 g/mol. The molecule has 0 saturated carbocycles. The molecule has 0 bridgehead atoms. The minimum atomic E-state index is -0.592. The van der Waals surface area contributed by atoms with Crippen molar-refractivity contribution in [1.82, 2.24) is 4.98 Å². The maximum Gasteiger partial charge on any atom is 0.299 e. The largest absolute Gasteiger partial charge is 0.428 e. The number of oxazole rings is 1. The molecule has 3 nitrogen and oxygen atoms in total. The van der Waals surface area contributed by atoms with Gasteiger partial charge in [-0.2, -0.15) is 0 Å². The molecule has 5 heteroatoms. The van der Waals surface area contributed by atoms with E-state index in [0.717, 1.165) is 12.1 Å². The first-order chi connectivity index (χ1) is 11.2. The molecule has 1 aromatic heterocycles. The first kappa shape index (κ1) is 15.2. The van der Waals surface area contributed by atoms with Gasteiger partial charge in [-0.25, -0.2) is 13.8 Å². The molecule has 0 fully saturated rings. The van der Waals surface area contributed by atoms with Crippen molar-refractivity contribution in [3.8, 4) is 0 Å². The molecule has 0 aliphatic rings. The van der Waals surface area contributed by atoms with Crippen molar-refractivity contribution in [1.29, 1.82) is 0 Å². The number of halogens is 2. The molecule has 3 aromatic rings. The molecule has 23 heavy (non-hydrogen) atoms. The van der Waals surface area contributed by atoms with Crippen LogP contribution < -0.4 is 5.32 Å². The summed E-state index contributed by atoms with van der Waals surface area (Å²) in [5.41, 5.74) is 2.05. The lowest BCUT2D eigenvalue weighted by atomic mass is 10.1. The number of hydrogen-bond donors (Lipinski definition) is 1. The highest BCUT2D eigenvalue weighted by Crippen LogP contribution is 2.21. The number of nitrogens with zero attached hydrogens (tertiary/aromatic N) is 1. The van der Waals surface area contributed by atoms with Crippen LogP contribution in [0.15, 0.2) is 53.1 Å². The summed E-state index contributed by atoms with van der Waals surface area (Å²) in [7, 11) is 0. The molecule has 0 saturated heterocycles. The zero-order chi connectivity index (χ0) is 16.2. The minimum Gasteiger partial charge on any atom is -0.428 e. The summed E-state index contributed by atoms with van der Waals surface area (Å²) in [6.45, 7) is 2.09. The molecule has 0 aliphatic carbocycles. The van der Waals surface area contributed by atoms with Crippen molar-refractivity contribution in [2.24, 2.45) is 0 Å². The van der Waals surface area contributed by atoms with E-state index in [1.54, 1.807) is 0 Å². The van der Waals surface area contributed by atoms with Crippen LogP contribution in [0, 0.1) is 11.6 Å². The topological polar surface area (TPSA) is 38.1 Å². The number of aromatic nitrogens is 1. The Kier molecular flexibility index (Phi) is 4.37. The highest BCUT2D eigenvalue weighted by atomic mass is 19.1. The van der Waals surface area contributed by atoms with Crippen LogP contribution in [-0.4, -0.2) is 4.98 Å². The summed E-state index contributed by atoms with van der Waals surface area (Å²) in [6, 6.07) is 12.0. The van der Waals surface area contributed by atoms with E-state index in [9.17, 15) is 8.78 Å². The van der Waals surface area contributed by atoms with Crippen LogP contribution in [0.4, 0.5) is 20.5 Å². The van der Waals surface area contributed by atoms with E-state index in [-0.39, 0.29) is 12.0 Å². The van der Waals surface area contributed by atoms with Crippen molar-refractivity contribution in [2.45, 2.75) is 19.8 Å². The van der Waals surface area contributed by atoms with E-state index in [4.69, 9.17) is 4.42 Å². The molecule has 118 valence electrons. The highest BCUT2D eigenvalue weighted by molar-refractivity contribution is 5.52. The van der Waals surface area contributed by atoms with Crippen LogP contribution >= 0.6 is 0 Å². The Morgan fingerprint density at radius 1 is 1.04 bits per heavy atom. The number of anilines is 2. The number of nitrogens with one attached hydrogen (secondary N) is 1. The van der Waals surface area contributed by atoms with Crippen molar-refractivity contribution in [3.05, 3.63) is 77.2 Å². The summed E-state index contributed by atoms with van der Waals surface area (Å²) >= 11 is 0. The fourth-order valence-corrected chi connectivity index (χ4v) is 2.27. The van der Waals surface area contributed by atoms with E-state index in [0.29, 0.717) is 11.8 Å². The highest BCUT2D eigenvalue weighted by Gasteiger charge is 2.12. The Balaban J connectivity index is 1.72. The van der Waals surface area contributed by atoms with Gasteiger partial charge in [0.05, 0.1) is 6.20 Å². The third-order valence-electron chi connectivity index (χ3n) is 3.58. The second kappa shape index (κ2) is 6.60. The van der Waals surface area contributed by atoms with Gasteiger partial charge in [0.2, 0.25) is 0 Å². The molecule has 0 atom stereocenters. The van der Waals surface area contributed by atoms with E-state index in [1.807, 2.05) is 24.3 Å². The minimum absolute atomic E-state index is 0.0158. The zero-order valence-corrected chi connectivity index (χ0v) is 12.6.